The first-order valence-electron chi connectivity index (χ1n) is 1.64. The minimum absolute atomic E-state index is 1.61. The van der Waals surface area contributed by atoms with Gasteiger partial charge < -0.3 is 0 Å². The van der Waals surface area contributed by atoms with E-state index >= 15 is 0 Å². The molecule has 2 nitrogen and oxygen atoms in total. The lowest BCUT2D eigenvalue weighted by Crippen LogP contribution is -1.87. The molecule has 0 spiro atoms. The van der Waals surface area contributed by atoms with E-state index in [1.54, 1.807) is 19.4 Å². The van der Waals surface area contributed by atoms with Gasteiger partial charge in [-0.05, 0) is 12.0 Å². The quantitative estimate of drug-likeness (QED) is 0.358. The molecule has 27 valence electrons. The van der Waals surface area contributed by atoms with Crippen LogP contribution in [0.3, 0.4) is 0 Å². The van der Waals surface area contributed by atoms with Gasteiger partial charge >= 0.3 is 0 Å². The lowest BCUT2D eigenvalue weighted by molar-refractivity contribution is 1.28. The summed E-state index contributed by atoms with van der Waals surface area (Å²) in [6, 6.07) is 0. The fourth-order valence-electron chi connectivity index (χ4n) is 0.225. The van der Waals surface area contributed by atoms with E-state index in [9.17, 15) is 0 Å². The van der Waals surface area contributed by atoms with Gasteiger partial charge in [-0.2, -0.15) is 5.10 Å². The van der Waals surface area contributed by atoms with Gasteiger partial charge in [0.2, 0.25) is 7.28 Å². The van der Waals surface area contributed by atoms with E-state index in [-0.39, 0.29) is 0 Å². The first kappa shape index (κ1) is 3.38. The standard InChI is InChI=1S/C3H2BN2/c1-2-5-6-3-4-1/h1,3H. The molecule has 0 aromatic carbocycles. The van der Waals surface area contributed by atoms with Gasteiger partial charge in [-0.1, -0.05) is 5.98 Å². The van der Waals surface area contributed by atoms with Crippen molar-refractivity contribution >= 4 is 19.3 Å². The van der Waals surface area contributed by atoms with Crippen molar-refractivity contribution in [1.29, 1.82) is 0 Å². The average Bonchev–Trinajstić information content (AvgIpc) is 1.72. The highest BCUT2D eigenvalue weighted by atomic mass is 15.2. The summed E-state index contributed by atoms with van der Waals surface area (Å²) in [6.07, 6.45) is 1.61. The van der Waals surface area contributed by atoms with Gasteiger partial charge in [0.05, 0.1) is 0 Å². The maximum absolute atomic E-state index is 3.48. The number of hydrogen-bond donors (Lipinski definition) is 0. The summed E-state index contributed by atoms with van der Waals surface area (Å²) in [6.45, 7) is 0. The predicted molar refractivity (Wildman–Crippen MR) is 26.3 cm³/mol. The van der Waals surface area contributed by atoms with E-state index in [0.717, 1.165) is 0 Å². The molecule has 0 fully saturated rings. The molecule has 0 aromatic heterocycles. The van der Waals surface area contributed by atoms with E-state index in [0.29, 0.717) is 0 Å². The highest BCUT2D eigenvalue weighted by Gasteiger charge is 1.75. The second-order valence-corrected chi connectivity index (χ2v) is 0.853. The van der Waals surface area contributed by atoms with Crippen molar-refractivity contribution in [3.8, 4) is 0 Å². The smallest absolute Gasteiger partial charge is 0.165 e. The minimum atomic E-state index is 1.61. The van der Waals surface area contributed by atoms with Crippen LogP contribution in [-0.4, -0.2) is 19.3 Å². The van der Waals surface area contributed by atoms with Crippen LogP contribution in [-0.2, 0) is 0 Å². The van der Waals surface area contributed by atoms with E-state index in [1.165, 1.54) is 0 Å². The largest absolute Gasteiger partial charge is 0.212 e. The van der Waals surface area contributed by atoms with Gasteiger partial charge in [-0.15, -0.1) is 5.10 Å². The molecule has 1 rings (SSSR count). The Balaban J connectivity index is 2.78. The Morgan fingerprint density at radius 3 is 2.83 bits per heavy atom. The van der Waals surface area contributed by atoms with Crippen LogP contribution in [0.2, 0.25) is 0 Å². The maximum atomic E-state index is 3.48. The van der Waals surface area contributed by atoms with Crippen LogP contribution in [0.15, 0.2) is 16.2 Å². The summed E-state index contributed by atoms with van der Waals surface area (Å²) >= 11 is 0. The van der Waals surface area contributed by atoms with Gasteiger partial charge in [0, 0.05) is 0 Å². The summed E-state index contributed by atoms with van der Waals surface area (Å²) < 4.78 is 0. The van der Waals surface area contributed by atoms with Crippen LogP contribution in [0.4, 0.5) is 0 Å². The van der Waals surface area contributed by atoms with Crippen LogP contribution < -0.4 is 0 Å². The first-order valence-corrected chi connectivity index (χ1v) is 1.64. The zero-order chi connectivity index (χ0) is 4.24. The lowest BCUT2D eigenvalue weighted by atomic mass is 9.81. The van der Waals surface area contributed by atoms with Gasteiger partial charge in [-0.3, -0.25) is 0 Å². The Bertz CT molecular complexity index is 121. The van der Waals surface area contributed by atoms with Gasteiger partial charge in [0.1, 0.15) is 0 Å². The number of rotatable bonds is 0. The van der Waals surface area contributed by atoms with Crippen molar-refractivity contribution in [1.82, 2.24) is 0 Å². The van der Waals surface area contributed by atoms with Crippen LogP contribution in [0, 0.1) is 0 Å². The molecule has 0 N–H and O–H groups in total. The number of nitrogens with zero attached hydrogens (tertiary/aromatic N) is 2. The molecular weight excluding hydrogens is 74.9 g/mol. The zero-order valence-electron chi connectivity index (χ0n) is 3.13. The Labute approximate surface area is 36.5 Å². The molecule has 1 heterocycles. The maximum Gasteiger partial charge on any atom is 0.212 e. The highest BCUT2D eigenvalue weighted by Crippen LogP contribution is 1.68. The van der Waals surface area contributed by atoms with Crippen molar-refractivity contribution in [2.24, 2.45) is 10.2 Å². The second-order valence-electron chi connectivity index (χ2n) is 0.853. The van der Waals surface area contributed by atoms with Gasteiger partial charge in [-0.25, -0.2) is 0 Å². The molecule has 0 bridgehead atoms. The summed E-state index contributed by atoms with van der Waals surface area (Å²) in [4.78, 5) is 0. The molecule has 0 saturated carbocycles. The minimum Gasteiger partial charge on any atom is -0.165 e. The van der Waals surface area contributed by atoms with E-state index in [1.807, 2.05) is 0 Å². The summed E-state index contributed by atoms with van der Waals surface area (Å²) in [5.74, 6) is 4.23. The summed E-state index contributed by atoms with van der Waals surface area (Å²) in [5.41, 5.74) is 0. The van der Waals surface area contributed by atoms with Crippen molar-refractivity contribution in [2.45, 2.75) is 0 Å². The van der Waals surface area contributed by atoms with Crippen molar-refractivity contribution in [3.63, 3.8) is 0 Å². The monoisotopic (exact) mass is 77.0 g/mol. The lowest BCUT2D eigenvalue weighted by Gasteiger charge is -1.74. The van der Waals surface area contributed by atoms with Crippen LogP contribution in [0.1, 0.15) is 0 Å². The average molecular weight is 76.9 g/mol. The molecule has 0 unspecified atom stereocenters. The first-order chi connectivity index (χ1) is 3.00. The fourth-order valence-corrected chi connectivity index (χ4v) is 0.225. The summed E-state index contributed by atoms with van der Waals surface area (Å²) in [5, 5.41) is 6.89. The molecule has 1 aliphatic rings. The molecule has 0 saturated heterocycles. The third-order valence-corrected chi connectivity index (χ3v) is 0.439. The Kier molecular flexibility index (Phi) is 0.889. The predicted octanol–water partition coefficient (Wildman–Crippen LogP) is -0.169. The van der Waals surface area contributed by atoms with Crippen molar-refractivity contribution in [3.05, 3.63) is 5.98 Å². The molecular formula is C3H2BN2. The molecule has 0 aliphatic carbocycles. The molecule has 0 atom stereocenters. The highest BCUT2D eigenvalue weighted by molar-refractivity contribution is 6.73. The van der Waals surface area contributed by atoms with Crippen molar-refractivity contribution in [2.75, 3.05) is 0 Å². The summed E-state index contributed by atoms with van der Waals surface area (Å²) in [7, 11) is 1.77. The molecule has 0 amide bonds. The molecule has 3 heteroatoms. The Hall–Kier alpha value is -0.815. The van der Waals surface area contributed by atoms with E-state index < -0.39 is 0 Å². The Morgan fingerprint density at radius 2 is 2.67 bits per heavy atom. The van der Waals surface area contributed by atoms with Crippen LogP contribution >= 0.6 is 0 Å². The third-order valence-electron chi connectivity index (χ3n) is 0.439. The normalized spacial score (nSPS) is 14.7. The molecule has 1 radical (unpaired) electrons. The topological polar surface area (TPSA) is 24.7 Å². The third kappa shape index (κ3) is 0.566. The van der Waals surface area contributed by atoms with Gasteiger partial charge in [0.15, 0.2) is 0 Å². The molecule has 6 heavy (non-hydrogen) atoms. The number of hydrogen-bond acceptors (Lipinski definition) is 2. The van der Waals surface area contributed by atoms with Crippen LogP contribution in [0.5, 0.6) is 0 Å². The van der Waals surface area contributed by atoms with E-state index in [4.69, 9.17) is 0 Å². The fraction of sp³-hybridized carbons (Fsp3) is 0. The second kappa shape index (κ2) is 1.58. The Morgan fingerprint density at radius 1 is 1.67 bits per heavy atom. The molecule has 0 aromatic rings. The SMILES string of the molecule is [B]1C=C=NN=C1. The zero-order valence-corrected chi connectivity index (χ0v) is 3.13. The van der Waals surface area contributed by atoms with Crippen LogP contribution in [0.25, 0.3) is 0 Å². The molecule has 1 aliphatic heterocycles. The van der Waals surface area contributed by atoms with E-state index in [2.05, 4.69) is 16.1 Å². The van der Waals surface area contributed by atoms with Crippen molar-refractivity contribution < 1.29 is 0 Å². The van der Waals surface area contributed by atoms with Gasteiger partial charge in [0.25, 0.3) is 0 Å².